The van der Waals surface area contributed by atoms with Crippen LogP contribution in [0.3, 0.4) is 0 Å². The van der Waals surface area contributed by atoms with E-state index in [0.717, 1.165) is 5.57 Å². The summed E-state index contributed by atoms with van der Waals surface area (Å²) in [5, 5.41) is 8.91. The summed E-state index contributed by atoms with van der Waals surface area (Å²) in [7, 11) is 0. The molecule has 1 N–H and O–H groups in total. The molecule has 0 bridgehead atoms. The van der Waals surface area contributed by atoms with Crippen molar-refractivity contribution in [1.29, 1.82) is 0 Å². The van der Waals surface area contributed by atoms with Gasteiger partial charge in [-0.3, -0.25) is 0 Å². The van der Waals surface area contributed by atoms with Crippen LogP contribution in [0.2, 0.25) is 0 Å². The van der Waals surface area contributed by atoms with Crippen LogP contribution in [0.4, 0.5) is 0 Å². The monoisotopic (exact) mass is 286 g/mol. The van der Waals surface area contributed by atoms with Gasteiger partial charge in [0.05, 0.1) is 6.61 Å². The van der Waals surface area contributed by atoms with Crippen LogP contribution in [0, 0.1) is 5.41 Å². The highest BCUT2D eigenvalue weighted by molar-refractivity contribution is 5.36. The molecule has 0 atom stereocenters. The van der Waals surface area contributed by atoms with Gasteiger partial charge in [0.2, 0.25) is 0 Å². The van der Waals surface area contributed by atoms with Crippen LogP contribution in [0.5, 0.6) is 0 Å². The number of aliphatic hydroxyl groups excluding tert-OH is 1. The number of aliphatic hydroxyl groups is 1. The Labute approximate surface area is 130 Å². The van der Waals surface area contributed by atoms with E-state index in [1.54, 1.807) is 0 Å². The maximum Gasteiger partial charge on any atom is 0.0642 e. The van der Waals surface area contributed by atoms with Gasteiger partial charge >= 0.3 is 0 Å². The zero-order chi connectivity index (χ0) is 15.9. The van der Waals surface area contributed by atoms with E-state index in [0.29, 0.717) is 5.41 Å². The molecule has 0 aliphatic heterocycles. The van der Waals surface area contributed by atoms with E-state index in [1.165, 1.54) is 36.0 Å². The highest BCUT2D eigenvalue weighted by atomic mass is 16.3. The highest BCUT2D eigenvalue weighted by Crippen LogP contribution is 2.40. The Bertz CT molecular complexity index is 496. The molecule has 0 aromatic carbocycles. The van der Waals surface area contributed by atoms with Gasteiger partial charge < -0.3 is 5.11 Å². The third kappa shape index (κ3) is 5.89. The molecule has 0 heterocycles. The second kappa shape index (κ2) is 8.19. The Balaban J connectivity index is 2.75. The van der Waals surface area contributed by atoms with Crippen molar-refractivity contribution in [3.8, 4) is 0 Å². The maximum absolute atomic E-state index is 8.91. The van der Waals surface area contributed by atoms with Gasteiger partial charge in [-0.2, -0.15) is 0 Å². The average molecular weight is 286 g/mol. The van der Waals surface area contributed by atoms with E-state index < -0.39 is 0 Å². The third-order valence-corrected chi connectivity index (χ3v) is 4.16. The fraction of sp³-hybridized carbons (Fsp3) is 0.500. The van der Waals surface area contributed by atoms with Crippen LogP contribution in [0.25, 0.3) is 0 Å². The van der Waals surface area contributed by atoms with Crippen molar-refractivity contribution in [3.63, 3.8) is 0 Å². The fourth-order valence-corrected chi connectivity index (χ4v) is 2.76. The van der Waals surface area contributed by atoms with Crippen molar-refractivity contribution in [1.82, 2.24) is 0 Å². The summed E-state index contributed by atoms with van der Waals surface area (Å²) in [6.07, 6.45) is 16.3. The Kier molecular flexibility index (Phi) is 6.91. The zero-order valence-electron chi connectivity index (χ0n) is 14.2. The molecule has 0 radical (unpaired) electrons. The quantitative estimate of drug-likeness (QED) is 0.661. The molecule has 116 valence electrons. The SMILES string of the molecule is CC1=C(/C=C/C(C)=C/C=C\C=C(/C)CO)C(C)(C)CCC1. The van der Waals surface area contributed by atoms with E-state index in [1.807, 2.05) is 25.2 Å². The second-order valence-corrected chi connectivity index (χ2v) is 6.73. The molecule has 1 aliphatic rings. The molecule has 0 saturated heterocycles. The van der Waals surface area contributed by atoms with Crippen molar-refractivity contribution in [2.24, 2.45) is 5.41 Å². The standard InChI is InChI=1S/C20H30O/c1-16(9-6-7-10-17(2)15-21)12-13-19-18(3)11-8-14-20(19,4)5/h6-7,9-10,12-13,21H,8,11,14-15H2,1-5H3/b7-6-,13-12+,16-9+,17-10+. The number of hydrogen-bond acceptors (Lipinski definition) is 1. The molecular formula is C20H30O. The summed E-state index contributed by atoms with van der Waals surface area (Å²) in [6.45, 7) is 11.1. The van der Waals surface area contributed by atoms with Gasteiger partial charge in [0.1, 0.15) is 0 Å². The first kappa shape index (κ1) is 17.7. The third-order valence-electron chi connectivity index (χ3n) is 4.16. The average Bonchev–Trinajstić information content (AvgIpc) is 2.42. The van der Waals surface area contributed by atoms with Crippen molar-refractivity contribution in [2.45, 2.75) is 53.9 Å². The lowest BCUT2D eigenvalue weighted by Crippen LogP contribution is -2.19. The van der Waals surface area contributed by atoms with Crippen LogP contribution in [-0.2, 0) is 0 Å². The minimum absolute atomic E-state index is 0.120. The molecule has 1 nitrogen and oxygen atoms in total. The fourth-order valence-electron chi connectivity index (χ4n) is 2.76. The van der Waals surface area contributed by atoms with Crippen molar-refractivity contribution in [2.75, 3.05) is 6.61 Å². The van der Waals surface area contributed by atoms with Gasteiger partial charge in [0, 0.05) is 0 Å². The minimum atomic E-state index is 0.120. The number of hydrogen-bond donors (Lipinski definition) is 1. The molecule has 0 aromatic rings. The van der Waals surface area contributed by atoms with E-state index in [4.69, 9.17) is 5.11 Å². The lowest BCUT2D eigenvalue weighted by Gasteiger charge is -2.32. The Morgan fingerprint density at radius 2 is 1.86 bits per heavy atom. The molecule has 0 fully saturated rings. The second-order valence-electron chi connectivity index (χ2n) is 6.73. The predicted octanol–water partition coefficient (Wildman–Crippen LogP) is 5.51. The first-order chi connectivity index (χ1) is 9.86. The zero-order valence-corrected chi connectivity index (χ0v) is 14.2. The summed E-state index contributed by atoms with van der Waals surface area (Å²) < 4.78 is 0. The summed E-state index contributed by atoms with van der Waals surface area (Å²) in [6, 6.07) is 0. The van der Waals surface area contributed by atoms with Crippen LogP contribution in [0.15, 0.2) is 58.7 Å². The van der Waals surface area contributed by atoms with Gasteiger partial charge in [-0.1, -0.05) is 61.4 Å². The smallest absolute Gasteiger partial charge is 0.0642 e. The van der Waals surface area contributed by atoms with Crippen LogP contribution in [-0.4, -0.2) is 11.7 Å². The van der Waals surface area contributed by atoms with Crippen molar-refractivity contribution >= 4 is 0 Å². The molecular weight excluding hydrogens is 256 g/mol. The lowest BCUT2D eigenvalue weighted by molar-refractivity contribution is 0.331. The van der Waals surface area contributed by atoms with E-state index in [9.17, 15) is 0 Å². The van der Waals surface area contributed by atoms with Crippen molar-refractivity contribution < 1.29 is 5.11 Å². The normalized spacial score (nSPS) is 20.9. The Hall–Kier alpha value is -1.34. The largest absolute Gasteiger partial charge is 0.392 e. The van der Waals surface area contributed by atoms with Crippen molar-refractivity contribution in [3.05, 3.63) is 58.7 Å². The van der Waals surface area contributed by atoms with E-state index >= 15 is 0 Å². The summed E-state index contributed by atoms with van der Waals surface area (Å²) in [5.74, 6) is 0. The van der Waals surface area contributed by atoms with Crippen LogP contribution >= 0.6 is 0 Å². The van der Waals surface area contributed by atoms with E-state index in [-0.39, 0.29) is 6.61 Å². The van der Waals surface area contributed by atoms with E-state index in [2.05, 4.69) is 45.9 Å². The highest BCUT2D eigenvalue weighted by Gasteiger charge is 2.26. The molecule has 0 amide bonds. The molecule has 0 spiro atoms. The molecule has 1 aliphatic carbocycles. The van der Waals surface area contributed by atoms with Gasteiger partial charge in [-0.15, -0.1) is 0 Å². The number of rotatable bonds is 5. The molecule has 0 unspecified atom stereocenters. The summed E-state index contributed by atoms with van der Waals surface area (Å²) in [5.41, 5.74) is 5.55. The van der Waals surface area contributed by atoms with Gasteiger partial charge in [0.25, 0.3) is 0 Å². The Morgan fingerprint density at radius 1 is 1.19 bits per heavy atom. The van der Waals surface area contributed by atoms with Crippen LogP contribution < -0.4 is 0 Å². The molecule has 1 rings (SSSR count). The van der Waals surface area contributed by atoms with Crippen LogP contribution in [0.1, 0.15) is 53.9 Å². The predicted molar refractivity (Wildman–Crippen MR) is 93.2 cm³/mol. The molecule has 1 heteroatoms. The summed E-state index contributed by atoms with van der Waals surface area (Å²) >= 11 is 0. The summed E-state index contributed by atoms with van der Waals surface area (Å²) in [4.78, 5) is 0. The first-order valence-electron chi connectivity index (χ1n) is 7.86. The lowest BCUT2D eigenvalue weighted by atomic mass is 9.72. The first-order valence-corrected chi connectivity index (χ1v) is 7.86. The Morgan fingerprint density at radius 3 is 2.48 bits per heavy atom. The van der Waals surface area contributed by atoms with Gasteiger partial charge in [-0.25, -0.2) is 0 Å². The van der Waals surface area contributed by atoms with Gasteiger partial charge in [0.15, 0.2) is 0 Å². The topological polar surface area (TPSA) is 20.2 Å². The number of allylic oxidation sites excluding steroid dienone is 9. The van der Waals surface area contributed by atoms with Gasteiger partial charge in [-0.05, 0) is 56.6 Å². The minimum Gasteiger partial charge on any atom is -0.392 e. The molecule has 21 heavy (non-hydrogen) atoms. The molecule has 0 saturated carbocycles. The maximum atomic E-state index is 8.91. The molecule has 0 aromatic heterocycles.